The van der Waals surface area contributed by atoms with Gasteiger partial charge in [-0.25, -0.2) is 8.42 Å². The van der Waals surface area contributed by atoms with Crippen molar-refractivity contribution in [3.63, 3.8) is 0 Å². The fourth-order valence-electron chi connectivity index (χ4n) is 2.60. The summed E-state index contributed by atoms with van der Waals surface area (Å²) >= 11 is 5.89. The second-order valence-electron chi connectivity index (χ2n) is 5.43. The SMILES string of the molecule is Cc1cc(Cl)ccc1NC(=O)C1(S(C)(=O)=O)CCNCC1. The molecule has 1 saturated heterocycles. The Balaban J connectivity index is 2.31. The number of hydrogen-bond acceptors (Lipinski definition) is 4. The van der Waals surface area contributed by atoms with E-state index >= 15 is 0 Å². The third kappa shape index (κ3) is 3.22. The number of hydrogen-bond donors (Lipinski definition) is 2. The number of piperidine rings is 1. The summed E-state index contributed by atoms with van der Waals surface area (Å²) in [7, 11) is -3.51. The number of aryl methyl sites for hydroxylation is 1. The highest BCUT2D eigenvalue weighted by Crippen LogP contribution is 2.30. The van der Waals surface area contributed by atoms with Crippen LogP contribution in [0.25, 0.3) is 0 Å². The van der Waals surface area contributed by atoms with Crippen molar-refractivity contribution in [3.05, 3.63) is 28.8 Å². The predicted molar refractivity (Wildman–Crippen MR) is 84.5 cm³/mol. The second-order valence-corrected chi connectivity index (χ2v) is 8.19. The molecular weight excluding hydrogens is 312 g/mol. The molecule has 1 aromatic rings. The standard InChI is InChI=1S/C14H19ClN2O3S/c1-10-9-11(15)3-4-12(10)17-13(18)14(21(2,19)20)5-7-16-8-6-14/h3-4,9,16H,5-8H2,1-2H3,(H,17,18). The Morgan fingerprint density at radius 1 is 1.33 bits per heavy atom. The van der Waals surface area contributed by atoms with Crippen LogP contribution in [0.1, 0.15) is 18.4 Å². The van der Waals surface area contributed by atoms with E-state index in [0.29, 0.717) is 23.8 Å². The van der Waals surface area contributed by atoms with Gasteiger partial charge in [-0.1, -0.05) is 11.6 Å². The number of nitrogens with one attached hydrogen (secondary N) is 2. The van der Waals surface area contributed by atoms with E-state index in [1.54, 1.807) is 18.2 Å². The Morgan fingerprint density at radius 3 is 2.48 bits per heavy atom. The molecule has 116 valence electrons. The number of carbonyl (C=O) groups is 1. The van der Waals surface area contributed by atoms with E-state index in [-0.39, 0.29) is 12.8 Å². The number of carbonyl (C=O) groups excluding carboxylic acids is 1. The summed E-state index contributed by atoms with van der Waals surface area (Å²) in [4.78, 5) is 12.6. The van der Waals surface area contributed by atoms with Crippen LogP contribution in [-0.2, 0) is 14.6 Å². The van der Waals surface area contributed by atoms with Gasteiger partial charge in [-0.2, -0.15) is 0 Å². The van der Waals surface area contributed by atoms with Crippen LogP contribution in [0.4, 0.5) is 5.69 Å². The maximum absolute atomic E-state index is 12.6. The van der Waals surface area contributed by atoms with E-state index in [4.69, 9.17) is 11.6 Å². The van der Waals surface area contributed by atoms with Gasteiger partial charge in [-0.15, -0.1) is 0 Å². The van der Waals surface area contributed by atoms with Crippen LogP contribution in [0.15, 0.2) is 18.2 Å². The lowest BCUT2D eigenvalue weighted by Gasteiger charge is -2.34. The Morgan fingerprint density at radius 2 is 1.95 bits per heavy atom. The molecule has 0 radical (unpaired) electrons. The first kappa shape index (κ1) is 16.3. The zero-order valence-corrected chi connectivity index (χ0v) is 13.6. The first-order valence-corrected chi connectivity index (χ1v) is 9.01. The van der Waals surface area contributed by atoms with Crippen LogP contribution in [0, 0.1) is 6.92 Å². The number of amides is 1. The summed E-state index contributed by atoms with van der Waals surface area (Å²) in [6.07, 6.45) is 1.70. The Kier molecular flexibility index (Phi) is 4.60. The topological polar surface area (TPSA) is 75.3 Å². The molecular formula is C14H19ClN2O3S. The van der Waals surface area contributed by atoms with Gasteiger partial charge in [-0.3, -0.25) is 4.79 Å². The van der Waals surface area contributed by atoms with Crippen LogP contribution >= 0.6 is 11.6 Å². The smallest absolute Gasteiger partial charge is 0.245 e. The molecule has 21 heavy (non-hydrogen) atoms. The average Bonchev–Trinajstić information content (AvgIpc) is 2.41. The summed E-state index contributed by atoms with van der Waals surface area (Å²) in [5.41, 5.74) is 1.39. The summed E-state index contributed by atoms with van der Waals surface area (Å²) in [5.74, 6) is -0.461. The molecule has 1 fully saturated rings. The second kappa shape index (κ2) is 5.94. The van der Waals surface area contributed by atoms with E-state index in [1.807, 2.05) is 6.92 Å². The summed E-state index contributed by atoms with van der Waals surface area (Å²) < 4.78 is 23.0. The predicted octanol–water partition coefficient (Wildman–Crippen LogP) is 1.75. The maximum atomic E-state index is 12.6. The zero-order chi connectivity index (χ0) is 15.7. The number of halogens is 1. The van der Waals surface area contributed by atoms with Crippen molar-refractivity contribution < 1.29 is 13.2 Å². The van der Waals surface area contributed by atoms with E-state index in [2.05, 4.69) is 10.6 Å². The minimum absolute atomic E-state index is 0.282. The van der Waals surface area contributed by atoms with E-state index in [9.17, 15) is 13.2 Å². The van der Waals surface area contributed by atoms with Gasteiger partial charge in [0.05, 0.1) is 0 Å². The molecule has 0 aromatic heterocycles. The molecule has 1 aliphatic heterocycles. The third-order valence-corrected chi connectivity index (χ3v) is 6.22. The molecule has 5 nitrogen and oxygen atoms in total. The minimum Gasteiger partial charge on any atom is -0.324 e. The molecule has 0 saturated carbocycles. The molecule has 1 heterocycles. The molecule has 1 aliphatic rings. The molecule has 1 aromatic carbocycles. The first-order chi connectivity index (χ1) is 9.76. The monoisotopic (exact) mass is 330 g/mol. The van der Waals surface area contributed by atoms with Crippen molar-refractivity contribution in [1.29, 1.82) is 0 Å². The van der Waals surface area contributed by atoms with Gasteiger partial charge in [0.1, 0.15) is 0 Å². The van der Waals surface area contributed by atoms with E-state index in [0.717, 1.165) is 11.8 Å². The summed E-state index contributed by atoms with van der Waals surface area (Å²) in [6.45, 7) is 2.84. The fraction of sp³-hybridized carbons (Fsp3) is 0.500. The van der Waals surface area contributed by atoms with Gasteiger partial charge in [0.2, 0.25) is 5.91 Å². The van der Waals surface area contributed by atoms with Crippen LogP contribution < -0.4 is 10.6 Å². The highest BCUT2D eigenvalue weighted by molar-refractivity contribution is 7.92. The van der Waals surface area contributed by atoms with Gasteiger partial charge in [0.25, 0.3) is 0 Å². The fourth-order valence-corrected chi connectivity index (χ4v) is 4.16. The molecule has 2 N–H and O–H groups in total. The number of rotatable bonds is 3. The number of sulfone groups is 1. The Labute approximate surface area is 130 Å². The van der Waals surface area contributed by atoms with Gasteiger partial charge in [-0.05, 0) is 56.6 Å². The number of anilines is 1. The van der Waals surface area contributed by atoms with Crippen LogP contribution in [-0.4, -0.2) is 38.4 Å². The van der Waals surface area contributed by atoms with Crippen molar-refractivity contribution in [2.24, 2.45) is 0 Å². The minimum atomic E-state index is -3.51. The van der Waals surface area contributed by atoms with Gasteiger partial charge >= 0.3 is 0 Å². The molecule has 0 bridgehead atoms. The van der Waals surface area contributed by atoms with Crippen molar-refractivity contribution in [3.8, 4) is 0 Å². The first-order valence-electron chi connectivity index (χ1n) is 6.74. The van der Waals surface area contributed by atoms with Crippen molar-refractivity contribution >= 4 is 33.0 Å². The molecule has 0 spiro atoms. The Bertz CT molecular complexity index is 652. The van der Waals surface area contributed by atoms with Gasteiger partial charge < -0.3 is 10.6 Å². The lowest BCUT2D eigenvalue weighted by Crippen LogP contribution is -2.55. The van der Waals surface area contributed by atoms with Crippen LogP contribution in [0.2, 0.25) is 5.02 Å². The van der Waals surface area contributed by atoms with Crippen molar-refractivity contribution in [1.82, 2.24) is 5.32 Å². The number of benzene rings is 1. The van der Waals surface area contributed by atoms with Crippen LogP contribution in [0.5, 0.6) is 0 Å². The van der Waals surface area contributed by atoms with E-state index in [1.165, 1.54) is 0 Å². The molecule has 2 rings (SSSR count). The Hall–Kier alpha value is -1.11. The molecule has 0 unspecified atom stereocenters. The molecule has 7 heteroatoms. The summed E-state index contributed by atoms with van der Waals surface area (Å²) in [5, 5.41) is 6.41. The molecule has 0 aliphatic carbocycles. The lowest BCUT2D eigenvalue weighted by molar-refractivity contribution is -0.119. The molecule has 0 atom stereocenters. The quantitative estimate of drug-likeness (QED) is 0.885. The van der Waals surface area contributed by atoms with Gasteiger partial charge in [0.15, 0.2) is 14.6 Å². The summed E-state index contributed by atoms with van der Waals surface area (Å²) in [6, 6.07) is 5.08. The van der Waals surface area contributed by atoms with Crippen LogP contribution in [0.3, 0.4) is 0 Å². The van der Waals surface area contributed by atoms with Crippen molar-refractivity contribution in [2.45, 2.75) is 24.5 Å². The highest BCUT2D eigenvalue weighted by atomic mass is 35.5. The van der Waals surface area contributed by atoms with Gasteiger partial charge in [0, 0.05) is 17.0 Å². The third-order valence-electron chi connectivity index (χ3n) is 3.97. The highest BCUT2D eigenvalue weighted by Gasteiger charge is 2.48. The zero-order valence-electron chi connectivity index (χ0n) is 12.1. The average molecular weight is 331 g/mol. The normalized spacial score (nSPS) is 18.2. The largest absolute Gasteiger partial charge is 0.324 e. The maximum Gasteiger partial charge on any atom is 0.245 e. The lowest BCUT2D eigenvalue weighted by atomic mass is 9.95. The van der Waals surface area contributed by atoms with Crippen molar-refractivity contribution in [2.75, 3.05) is 24.7 Å². The van der Waals surface area contributed by atoms with E-state index < -0.39 is 20.5 Å². The molecule has 1 amide bonds.